The minimum absolute atomic E-state index is 0.0384. The zero-order valence-electron chi connectivity index (χ0n) is 13.3. The van der Waals surface area contributed by atoms with Crippen molar-refractivity contribution in [3.05, 3.63) is 29.8 Å². The molecule has 2 rings (SSSR count). The summed E-state index contributed by atoms with van der Waals surface area (Å²) >= 11 is 0. The summed E-state index contributed by atoms with van der Waals surface area (Å²) < 4.78 is 16.9. The number of nitrogens with one attached hydrogen (secondary N) is 1. The third-order valence-corrected chi connectivity index (χ3v) is 3.49. The Morgan fingerprint density at radius 3 is 2.62 bits per heavy atom. The fraction of sp³-hybridized carbons (Fsp3) is 0.647. The summed E-state index contributed by atoms with van der Waals surface area (Å²) in [5.74, 6) is 0.867. The van der Waals surface area contributed by atoms with Crippen LogP contribution in [0.1, 0.15) is 38.4 Å². The van der Waals surface area contributed by atoms with Crippen molar-refractivity contribution >= 4 is 0 Å². The van der Waals surface area contributed by atoms with Gasteiger partial charge in [0.1, 0.15) is 5.75 Å². The molecule has 0 aromatic heterocycles. The fourth-order valence-corrected chi connectivity index (χ4v) is 2.15. The highest BCUT2D eigenvalue weighted by Crippen LogP contribution is 2.24. The number of rotatable bonds is 10. The van der Waals surface area contributed by atoms with Gasteiger partial charge in [-0.3, -0.25) is 0 Å². The quantitative estimate of drug-likeness (QED) is 0.673. The molecule has 1 unspecified atom stereocenters. The minimum atomic E-state index is 0.0384. The van der Waals surface area contributed by atoms with Crippen LogP contribution in [0.15, 0.2) is 24.3 Å². The van der Waals surface area contributed by atoms with Gasteiger partial charge in [0.2, 0.25) is 0 Å². The average molecular weight is 293 g/mol. The second-order valence-corrected chi connectivity index (χ2v) is 5.74. The molecule has 0 spiro atoms. The fourth-order valence-electron chi connectivity index (χ4n) is 2.15. The first-order valence-corrected chi connectivity index (χ1v) is 7.79. The standard InChI is InChI=1S/C17H27NO3/c1-13(2)20-9-10-21-17(12-18-15-7-8-15)14-5-4-6-16(11-14)19-3/h4-6,11,13,15,17-18H,7-10,12H2,1-3H3. The van der Waals surface area contributed by atoms with E-state index in [9.17, 15) is 0 Å². The second kappa shape index (κ2) is 8.37. The first-order chi connectivity index (χ1) is 10.2. The Balaban J connectivity index is 1.89. The first-order valence-electron chi connectivity index (χ1n) is 7.79. The molecule has 1 atom stereocenters. The monoisotopic (exact) mass is 293 g/mol. The zero-order chi connectivity index (χ0) is 15.1. The Hall–Kier alpha value is -1.10. The van der Waals surface area contributed by atoms with Gasteiger partial charge < -0.3 is 19.5 Å². The van der Waals surface area contributed by atoms with Crippen LogP contribution in [-0.2, 0) is 9.47 Å². The van der Waals surface area contributed by atoms with Crippen molar-refractivity contribution in [3.8, 4) is 5.75 Å². The Labute approximate surface area is 127 Å². The molecule has 0 aliphatic heterocycles. The van der Waals surface area contributed by atoms with Gasteiger partial charge in [-0.15, -0.1) is 0 Å². The van der Waals surface area contributed by atoms with Gasteiger partial charge in [0, 0.05) is 12.6 Å². The van der Waals surface area contributed by atoms with Crippen LogP contribution in [0.5, 0.6) is 5.75 Å². The van der Waals surface area contributed by atoms with Crippen LogP contribution in [0.2, 0.25) is 0 Å². The van der Waals surface area contributed by atoms with E-state index in [1.54, 1.807) is 7.11 Å². The third-order valence-electron chi connectivity index (χ3n) is 3.49. The highest BCUT2D eigenvalue weighted by atomic mass is 16.5. The van der Waals surface area contributed by atoms with E-state index < -0.39 is 0 Å². The molecule has 1 aromatic carbocycles. The summed E-state index contributed by atoms with van der Waals surface area (Å²) in [5.41, 5.74) is 1.15. The van der Waals surface area contributed by atoms with Gasteiger partial charge >= 0.3 is 0 Å². The molecular formula is C17H27NO3. The van der Waals surface area contributed by atoms with E-state index in [4.69, 9.17) is 14.2 Å². The molecule has 118 valence electrons. The van der Waals surface area contributed by atoms with E-state index in [2.05, 4.69) is 11.4 Å². The Morgan fingerprint density at radius 1 is 1.19 bits per heavy atom. The summed E-state index contributed by atoms with van der Waals surface area (Å²) in [4.78, 5) is 0. The van der Waals surface area contributed by atoms with Crippen LogP contribution in [0.3, 0.4) is 0 Å². The Bertz CT molecular complexity index is 418. The summed E-state index contributed by atoms with van der Waals surface area (Å²) in [5, 5.41) is 3.54. The molecule has 1 aliphatic rings. The minimum Gasteiger partial charge on any atom is -0.497 e. The molecule has 4 nitrogen and oxygen atoms in total. The number of hydrogen-bond donors (Lipinski definition) is 1. The molecule has 0 bridgehead atoms. The lowest BCUT2D eigenvalue weighted by atomic mass is 10.1. The van der Waals surface area contributed by atoms with Gasteiger partial charge in [-0.1, -0.05) is 12.1 Å². The van der Waals surface area contributed by atoms with Crippen LogP contribution in [0.25, 0.3) is 0 Å². The predicted octanol–water partition coefficient (Wildman–Crippen LogP) is 2.93. The first kappa shape index (κ1) is 16.3. The smallest absolute Gasteiger partial charge is 0.119 e. The molecule has 1 N–H and O–H groups in total. The number of methoxy groups -OCH3 is 1. The summed E-state index contributed by atoms with van der Waals surface area (Å²) in [6.07, 6.45) is 2.84. The van der Waals surface area contributed by atoms with E-state index in [0.29, 0.717) is 19.3 Å². The SMILES string of the molecule is COc1cccc(C(CNC2CC2)OCCOC(C)C)c1. The molecule has 0 amide bonds. The van der Waals surface area contributed by atoms with E-state index in [-0.39, 0.29) is 12.2 Å². The topological polar surface area (TPSA) is 39.7 Å². The number of benzene rings is 1. The van der Waals surface area contributed by atoms with Crippen molar-refractivity contribution in [2.24, 2.45) is 0 Å². The molecule has 1 fully saturated rings. The third kappa shape index (κ3) is 6.04. The van der Waals surface area contributed by atoms with Crippen LogP contribution in [0, 0.1) is 0 Å². The van der Waals surface area contributed by atoms with Crippen LogP contribution in [0.4, 0.5) is 0 Å². The maximum atomic E-state index is 6.01. The lowest BCUT2D eigenvalue weighted by Crippen LogP contribution is -2.26. The Kier molecular flexibility index (Phi) is 6.49. The second-order valence-electron chi connectivity index (χ2n) is 5.74. The van der Waals surface area contributed by atoms with E-state index in [1.807, 2.05) is 32.0 Å². The van der Waals surface area contributed by atoms with Crippen molar-refractivity contribution in [2.75, 3.05) is 26.9 Å². The summed E-state index contributed by atoms with van der Waals surface area (Å²) in [6, 6.07) is 8.77. The zero-order valence-corrected chi connectivity index (χ0v) is 13.3. The molecule has 21 heavy (non-hydrogen) atoms. The highest BCUT2D eigenvalue weighted by Gasteiger charge is 2.23. The lowest BCUT2D eigenvalue weighted by Gasteiger charge is -2.20. The predicted molar refractivity (Wildman–Crippen MR) is 83.8 cm³/mol. The van der Waals surface area contributed by atoms with Crippen molar-refractivity contribution in [1.82, 2.24) is 5.32 Å². The molecule has 0 radical (unpaired) electrons. The average Bonchev–Trinajstić information content (AvgIpc) is 3.30. The number of hydrogen-bond acceptors (Lipinski definition) is 4. The lowest BCUT2D eigenvalue weighted by molar-refractivity contribution is -0.0131. The molecule has 1 aromatic rings. The summed E-state index contributed by atoms with van der Waals surface area (Å²) in [7, 11) is 1.69. The van der Waals surface area contributed by atoms with Gasteiger partial charge in [-0.2, -0.15) is 0 Å². The Morgan fingerprint density at radius 2 is 1.95 bits per heavy atom. The highest BCUT2D eigenvalue weighted by molar-refractivity contribution is 5.30. The van der Waals surface area contributed by atoms with Gasteiger partial charge in [0.25, 0.3) is 0 Å². The maximum Gasteiger partial charge on any atom is 0.119 e. The van der Waals surface area contributed by atoms with Gasteiger partial charge in [0.15, 0.2) is 0 Å². The normalized spacial score (nSPS) is 16.2. The molecule has 4 heteroatoms. The molecule has 0 saturated heterocycles. The molecule has 0 heterocycles. The molecule has 1 saturated carbocycles. The maximum absolute atomic E-state index is 6.01. The van der Waals surface area contributed by atoms with Crippen LogP contribution < -0.4 is 10.1 Å². The van der Waals surface area contributed by atoms with Crippen LogP contribution in [-0.4, -0.2) is 39.0 Å². The van der Waals surface area contributed by atoms with Crippen molar-refractivity contribution in [2.45, 2.75) is 44.9 Å². The largest absolute Gasteiger partial charge is 0.497 e. The molecule has 1 aliphatic carbocycles. The van der Waals surface area contributed by atoms with Gasteiger partial charge in [-0.25, -0.2) is 0 Å². The van der Waals surface area contributed by atoms with Crippen LogP contribution >= 0.6 is 0 Å². The molecular weight excluding hydrogens is 266 g/mol. The summed E-state index contributed by atoms with van der Waals surface area (Å²) in [6.45, 7) is 6.13. The van der Waals surface area contributed by atoms with Crippen molar-refractivity contribution in [1.29, 1.82) is 0 Å². The van der Waals surface area contributed by atoms with E-state index in [0.717, 1.165) is 17.9 Å². The van der Waals surface area contributed by atoms with E-state index >= 15 is 0 Å². The number of ether oxygens (including phenoxy) is 3. The van der Waals surface area contributed by atoms with Crippen molar-refractivity contribution in [3.63, 3.8) is 0 Å². The van der Waals surface area contributed by atoms with Gasteiger partial charge in [0.05, 0.1) is 32.5 Å². The van der Waals surface area contributed by atoms with Gasteiger partial charge in [-0.05, 0) is 44.4 Å². The van der Waals surface area contributed by atoms with E-state index in [1.165, 1.54) is 12.8 Å². The van der Waals surface area contributed by atoms with Crippen molar-refractivity contribution < 1.29 is 14.2 Å².